The van der Waals surface area contributed by atoms with Gasteiger partial charge in [-0.15, -0.1) is 10.2 Å². The van der Waals surface area contributed by atoms with E-state index in [9.17, 15) is 0 Å². The van der Waals surface area contributed by atoms with Crippen molar-refractivity contribution in [3.05, 3.63) is 136 Å². The molecule has 0 aliphatic carbocycles. The molecule has 47 heavy (non-hydrogen) atoms. The lowest BCUT2D eigenvalue weighted by atomic mass is 10.1. The van der Waals surface area contributed by atoms with Gasteiger partial charge in [0, 0.05) is 30.2 Å². The average molecular weight is 656 g/mol. The van der Waals surface area contributed by atoms with Gasteiger partial charge in [-0.25, -0.2) is 14.2 Å². The Hall–Kier alpha value is -5.20. The van der Waals surface area contributed by atoms with Crippen molar-refractivity contribution in [2.45, 2.75) is 57.4 Å². The zero-order valence-corrected chi connectivity index (χ0v) is 25.9. The van der Waals surface area contributed by atoms with Crippen molar-refractivity contribution in [3.63, 3.8) is 0 Å². The molecule has 0 aliphatic heterocycles. The second-order valence-electron chi connectivity index (χ2n) is 9.68. The molecular formula is C37H50ClN9. The van der Waals surface area contributed by atoms with Gasteiger partial charge >= 0.3 is 0 Å². The molecule has 0 saturated carbocycles. The molecule has 0 bridgehead atoms. The van der Waals surface area contributed by atoms with Gasteiger partial charge in [0.2, 0.25) is 0 Å². The Morgan fingerprint density at radius 1 is 0.574 bits per heavy atom. The number of rotatable bonds is 2. The van der Waals surface area contributed by atoms with Gasteiger partial charge in [-0.3, -0.25) is 0 Å². The van der Waals surface area contributed by atoms with Crippen molar-refractivity contribution in [1.82, 2.24) is 40.4 Å². The minimum Gasteiger partial charge on any atom is -0.238 e. The van der Waals surface area contributed by atoms with Crippen LogP contribution in [0.1, 0.15) is 52.0 Å². The van der Waals surface area contributed by atoms with Crippen LogP contribution in [0, 0.1) is 34.3 Å². The minimum atomic E-state index is 0. The summed E-state index contributed by atoms with van der Waals surface area (Å²) < 4.78 is 3.32. The maximum Gasteiger partial charge on any atom is 0.187 e. The molecule has 0 N–H and O–H groups in total. The van der Waals surface area contributed by atoms with Gasteiger partial charge in [-0.05, 0) is 66.2 Å². The summed E-state index contributed by atoms with van der Waals surface area (Å²) in [6.45, 7) is 14.7. The van der Waals surface area contributed by atoms with Crippen molar-refractivity contribution in [2.24, 2.45) is 14.1 Å². The van der Waals surface area contributed by atoms with Crippen LogP contribution in [-0.2, 0) is 14.1 Å². The van der Waals surface area contributed by atoms with Crippen LogP contribution < -0.4 is 0 Å². The maximum absolute atomic E-state index is 6.64. The molecule has 0 atom stereocenters. The van der Waals surface area contributed by atoms with Crippen LogP contribution in [-0.4, -0.2) is 40.4 Å². The third-order valence-corrected chi connectivity index (χ3v) is 6.49. The van der Waals surface area contributed by atoms with E-state index < -0.39 is 0 Å². The van der Waals surface area contributed by atoms with E-state index in [4.69, 9.17) is 18.2 Å². The lowest BCUT2D eigenvalue weighted by Crippen LogP contribution is -1.94. The van der Waals surface area contributed by atoms with E-state index in [1.165, 1.54) is 16.7 Å². The van der Waals surface area contributed by atoms with Gasteiger partial charge in [0.15, 0.2) is 17.3 Å². The molecule has 9 nitrogen and oxygen atoms in total. The average Bonchev–Trinajstić information content (AvgIpc) is 3.64. The van der Waals surface area contributed by atoms with Gasteiger partial charge in [0.25, 0.3) is 0 Å². The Morgan fingerprint density at radius 3 is 1.47 bits per heavy atom. The molecule has 2 heterocycles. The highest BCUT2D eigenvalue weighted by molar-refractivity contribution is 6.31. The number of aryl methyl sites for hydroxylation is 6. The van der Waals surface area contributed by atoms with E-state index in [-0.39, 0.29) is 29.7 Å². The van der Waals surface area contributed by atoms with Gasteiger partial charge in [-0.2, -0.15) is 0 Å². The van der Waals surface area contributed by atoms with Crippen molar-refractivity contribution >= 4 is 17.3 Å². The lowest BCUT2D eigenvalue weighted by Gasteiger charge is -1.99. The van der Waals surface area contributed by atoms with Crippen LogP contribution in [0.5, 0.6) is 0 Å². The number of halogens is 1. The molecular weight excluding hydrogens is 606 g/mol. The molecule has 0 radical (unpaired) electrons. The van der Waals surface area contributed by atoms with E-state index in [2.05, 4.69) is 48.9 Å². The fourth-order valence-electron chi connectivity index (χ4n) is 3.61. The lowest BCUT2D eigenvalue weighted by molar-refractivity contribution is 0.714. The summed E-state index contributed by atoms with van der Waals surface area (Å²) in [5.41, 5.74) is 7.57. The van der Waals surface area contributed by atoms with Gasteiger partial charge in [0.05, 0.1) is 6.57 Å². The van der Waals surface area contributed by atoms with Crippen LogP contribution in [0.15, 0.2) is 97.1 Å². The molecule has 10 heteroatoms. The quantitative estimate of drug-likeness (QED) is 0.172. The minimum absolute atomic E-state index is 0. The van der Waals surface area contributed by atoms with E-state index in [1.54, 1.807) is 9.36 Å². The summed E-state index contributed by atoms with van der Waals surface area (Å²) in [5, 5.41) is 23.4. The standard InChI is InChI=1S/2C9H10N4.C8H7N.C7H7Cl.4CH4/c1-7-3-5-8(6-4-7)9-10-11-12-13(9)2;1-7-4-3-5-8(6-7)9-10-11-12-13(9)2;1-7-3-5-8(9-2)6-4-7;1-6-4-2-3-5-7(6)8;;;;/h2*3-6H,1-2H3;3-6H,1H3;2-5H,1H3;4*1H4. The molecule has 0 amide bonds. The Balaban J connectivity index is 0. The van der Waals surface area contributed by atoms with Crippen LogP contribution in [0.25, 0.3) is 27.6 Å². The number of aromatic nitrogens is 8. The predicted octanol–water partition coefficient (Wildman–Crippen LogP) is 10.1. The van der Waals surface area contributed by atoms with Gasteiger partial charge in [0.1, 0.15) is 0 Å². The second-order valence-corrected chi connectivity index (χ2v) is 10.1. The first-order valence-corrected chi connectivity index (χ1v) is 13.8. The van der Waals surface area contributed by atoms with E-state index in [0.29, 0.717) is 5.69 Å². The molecule has 6 rings (SSSR count). The zero-order chi connectivity index (χ0) is 31.2. The summed E-state index contributed by atoms with van der Waals surface area (Å²) in [7, 11) is 3.66. The molecule has 0 unspecified atom stereocenters. The third kappa shape index (κ3) is 14.2. The monoisotopic (exact) mass is 655 g/mol. The number of benzene rings is 4. The van der Waals surface area contributed by atoms with E-state index in [1.807, 2.05) is 126 Å². The van der Waals surface area contributed by atoms with E-state index >= 15 is 0 Å². The number of hydrogen-bond donors (Lipinski definition) is 0. The van der Waals surface area contributed by atoms with Crippen molar-refractivity contribution in [2.75, 3.05) is 0 Å². The molecule has 250 valence electrons. The first-order valence-electron chi connectivity index (χ1n) is 13.4. The first-order chi connectivity index (χ1) is 20.7. The summed E-state index contributed by atoms with van der Waals surface area (Å²) >= 11 is 5.71. The highest BCUT2D eigenvalue weighted by Crippen LogP contribution is 2.16. The van der Waals surface area contributed by atoms with Crippen LogP contribution in [0.2, 0.25) is 5.02 Å². The predicted molar refractivity (Wildman–Crippen MR) is 198 cm³/mol. The molecule has 0 fully saturated rings. The highest BCUT2D eigenvalue weighted by Gasteiger charge is 2.05. The fourth-order valence-corrected chi connectivity index (χ4v) is 3.74. The summed E-state index contributed by atoms with van der Waals surface area (Å²) in [6, 6.07) is 31.5. The molecule has 0 spiro atoms. The topological polar surface area (TPSA) is 91.6 Å². The molecule has 0 aliphatic rings. The summed E-state index contributed by atoms with van der Waals surface area (Å²) in [4.78, 5) is 3.26. The largest absolute Gasteiger partial charge is 0.238 e. The SMILES string of the molecule is C.C.C.C.Cc1ccc(-c2nnnn2C)cc1.Cc1cccc(-c2nnnn2C)c1.Cc1ccccc1Cl.[C-]#[N+]c1ccc(C)cc1. The zero-order valence-electron chi connectivity index (χ0n) is 25.1. The molecule has 6 aromatic rings. The van der Waals surface area contributed by atoms with Gasteiger partial charge < -0.3 is 0 Å². The highest BCUT2D eigenvalue weighted by atomic mass is 35.5. The van der Waals surface area contributed by atoms with Crippen molar-refractivity contribution in [3.8, 4) is 22.8 Å². The maximum atomic E-state index is 6.64. The Morgan fingerprint density at radius 2 is 1.06 bits per heavy atom. The second kappa shape index (κ2) is 22.3. The Bertz CT molecular complexity index is 1730. The summed E-state index contributed by atoms with van der Waals surface area (Å²) in [6.07, 6.45) is 0. The van der Waals surface area contributed by atoms with Crippen molar-refractivity contribution in [1.29, 1.82) is 0 Å². The van der Waals surface area contributed by atoms with Crippen LogP contribution in [0.3, 0.4) is 0 Å². The first kappa shape index (κ1) is 43.9. The normalized spacial score (nSPS) is 8.89. The number of nitrogens with zero attached hydrogens (tertiary/aromatic N) is 9. The summed E-state index contributed by atoms with van der Waals surface area (Å²) in [5.74, 6) is 1.59. The van der Waals surface area contributed by atoms with Crippen LogP contribution >= 0.6 is 11.6 Å². The number of tetrazole rings is 2. The molecule has 0 saturated heterocycles. The molecule has 4 aromatic carbocycles. The Labute approximate surface area is 287 Å². The third-order valence-electron chi connectivity index (χ3n) is 6.07. The Kier molecular flexibility index (Phi) is 20.9. The number of hydrogen-bond acceptors (Lipinski definition) is 6. The van der Waals surface area contributed by atoms with Crippen LogP contribution in [0.4, 0.5) is 5.69 Å². The fraction of sp³-hybridized carbons (Fsp3) is 0.270. The van der Waals surface area contributed by atoms with E-state index in [0.717, 1.165) is 33.4 Å². The molecule has 2 aromatic heterocycles. The van der Waals surface area contributed by atoms with Gasteiger partial charge in [-0.1, -0.05) is 143 Å². The smallest absolute Gasteiger partial charge is 0.187 e. The van der Waals surface area contributed by atoms with Crippen molar-refractivity contribution < 1.29 is 0 Å².